The molecule has 0 spiro atoms. The molecule has 3 aliphatic rings. The molecule has 23 heavy (non-hydrogen) atoms. The number of rotatable bonds is 4. The number of hydrogen-bond donors (Lipinski definition) is 0. The minimum Gasteiger partial charge on any atom is -0.103 e. The molecule has 0 unspecified atom stereocenters. The van der Waals surface area contributed by atoms with Crippen molar-refractivity contribution in [3.63, 3.8) is 0 Å². The van der Waals surface area contributed by atoms with E-state index in [4.69, 9.17) is 0 Å². The molecule has 3 saturated carbocycles. The minimum absolute atomic E-state index is 0.799. The summed E-state index contributed by atoms with van der Waals surface area (Å²) in [7, 11) is 0. The van der Waals surface area contributed by atoms with Crippen molar-refractivity contribution in [3.8, 4) is 0 Å². The summed E-state index contributed by atoms with van der Waals surface area (Å²) in [6, 6.07) is 0. The Bertz CT molecular complexity index is 375. The Morgan fingerprint density at radius 3 is 1.43 bits per heavy atom. The van der Waals surface area contributed by atoms with Crippen LogP contribution in [0.15, 0.2) is 24.8 Å². The van der Waals surface area contributed by atoms with Gasteiger partial charge in [0.2, 0.25) is 0 Å². The van der Waals surface area contributed by atoms with Gasteiger partial charge in [-0.05, 0) is 107 Å². The van der Waals surface area contributed by atoms with E-state index < -0.39 is 0 Å². The van der Waals surface area contributed by atoms with Crippen molar-refractivity contribution in [1.29, 1.82) is 0 Å². The zero-order chi connectivity index (χ0) is 16.1. The van der Waals surface area contributed by atoms with Crippen LogP contribution >= 0.6 is 22.6 Å². The highest BCUT2D eigenvalue weighted by atomic mass is 127. The van der Waals surface area contributed by atoms with E-state index in [2.05, 4.69) is 47.4 Å². The van der Waals surface area contributed by atoms with Gasteiger partial charge in [-0.2, -0.15) is 0 Å². The molecule has 1 heteroatoms. The van der Waals surface area contributed by atoms with Gasteiger partial charge in [0.25, 0.3) is 0 Å². The molecule has 3 rings (SSSR count). The number of hydrogen-bond acceptors (Lipinski definition) is 0. The summed E-state index contributed by atoms with van der Waals surface area (Å²) < 4.78 is 0.972. The van der Waals surface area contributed by atoms with Gasteiger partial charge in [-0.3, -0.25) is 0 Å². The zero-order valence-corrected chi connectivity index (χ0v) is 16.9. The summed E-state index contributed by atoms with van der Waals surface area (Å²) in [6.07, 6.45) is 24.8. The van der Waals surface area contributed by atoms with Crippen molar-refractivity contribution in [1.82, 2.24) is 0 Å². The van der Waals surface area contributed by atoms with Gasteiger partial charge in [0, 0.05) is 3.92 Å². The molecule has 0 aromatic heterocycles. The highest BCUT2D eigenvalue weighted by Crippen LogP contribution is 2.41. The molecule has 0 N–H and O–H groups in total. The zero-order valence-electron chi connectivity index (χ0n) is 14.8. The second-order valence-corrected chi connectivity index (χ2v) is 10.2. The van der Waals surface area contributed by atoms with Gasteiger partial charge < -0.3 is 0 Å². The quantitative estimate of drug-likeness (QED) is 0.251. The standard InChI is InChI=1S/C22H35I/c1-2-17-3-5-18(6-4-17)7-8-19-9-11-20(12-10-19)21-13-15-22(23)16-14-21/h2,7-8,17-22H,1,3-6,9-16H2/b8-7+. The van der Waals surface area contributed by atoms with Gasteiger partial charge in [-0.15, -0.1) is 6.58 Å². The molecule has 3 fully saturated rings. The van der Waals surface area contributed by atoms with Crippen molar-refractivity contribution in [2.75, 3.05) is 0 Å². The Balaban J connectivity index is 1.37. The predicted octanol–water partition coefficient (Wildman–Crippen LogP) is 7.34. The van der Waals surface area contributed by atoms with Crippen LogP contribution in [0.25, 0.3) is 0 Å². The van der Waals surface area contributed by atoms with E-state index in [0.717, 1.165) is 33.5 Å². The molecular formula is C22H35I. The van der Waals surface area contributed by atoms with Gasteiger partial charge in [-0.25, -0.2) is 0 Å². The summed E-state index contributed by atoms with van der Waals surface area (Å²) in [5.74, 6) is 4.69. The van der Waals surface area contributed by atoms with Crippen LogP contribution in [0.2, 0.25) is 0 Å². The maximum atomic E-state index is 3.96. The van der Waals surface area contributed by atoms with Crippen molar-refractivity contribution in [3.05, 3.63) is 24.8 Å². The Kier molecular flexibility index (Phi) is 7.10. The van der Waals surface area contributed by atoms with Crippen LogP contribution < -0.4 is 0 Å². The lowest BCUT2D eigenvalue weighted by atomic mass is 9.71. The first kappa shape index (κ1) is 18.0. The fourth-order valence-corrected chi connectivity index (χ4v) is 5.97. The van der Waals surface area contributed by atoms with Crippen LogP contribution in [-0.2, 0) is 0 Å². The molecule has 0 heterocycles. The average Bonchev–Trinajstić information content (AvgIpc) is 2.61. The molecule has 3 aliphatic carbocycles. The first-order chi connectivity index (χ1) is 11.2. The lowest BCUT2D eigenvalue weighted by Gasteiger charge is -2.36. The summed E-state index contributed by atoms with van der Waals surface area (Å²) in [4.78, 5) is 0. The highest BCUT2D eigenvalue weighted by molar-refractivity contribution is 14.1. The van der Waals surface area contributed by atoms with Crippen molar-refractivity contribution < 1.29 is 0 Å². The van der Waals surface area contributed by atoms with E-state index in [1.165, 1.54) is 77.0 Å². The SMILES string of the molecule is C=CC1CCC(/C=C/C2CCC(C3CCC(I)CC3)CC2)CC1. The van der Waals surface area contributed by atoms with Gasteiger partial charge >= 0.3 is 0 Å². The van der Waals surface area contributed by atoms with Crippen LogP contribution in [0.3, 0.4) is 0 Å². The topological polar surface area (TPSA) is 0 Å². The number of allylic oxidation sites excluding steroid dienone is 3. The Morgan fingerprint density at radius 2 is 0.957 bits per heavy atom. The monoisotopic (exact) mass is 426 g/mol. The molecule has 0 aromatic carbocycles. The third-order valence-corrected chi connectivity index (χ3v) is 8.24. The summed E-state index contributed by atoms with van der Waals surface area (Å²) >= 11 is 2.66. The third kappa shape index (κ3) is 5.34. The molecule has 0 aromatic rings. The summed E-state index contributed by atoms with van der Waals surface area (Å²) in [6.45, 7) is 3.96. The predicted molar refractivity (Wildman–Crippen MR) is 110 cm³/mol. The van der Waals surface area contributed by atoms with Gasteiger partial charge in [-0.1, -0.05) is 40.8 Å². The van der Waals surface area contributed by atoms with E-state index in [1.54, 1.807) is 0 Å². The largest absolute Gasteiger partial charge is 0.103 e. The third-order valence-electron chi connectivity index (χ3n) is 6.99. The highest BCUT2D eigenvalue weighted by Gasteiger charge is 2.29. The fourth-order valence-electron chi connectivity index (χ4n) is 5.25. The van der Waals surface area contributed by atoms with Crippen LogP contribution in [0.5, 0.6) is 0 Å². The average molecular weight is 426 g/mol. The molecule has 0 bridgehead atoms. The summed E-state index contributed by atoms with van der Waals surface area (Å²) in [5, 5.41) is 0. The Hall–Kier alpha value is 0.210. The second-order valence-electron chi connectivity index (χ2n) is 8.48. The van der Waals surface area contributed by atoms with E-state index in [1.807, 2.05) is 0 Å². The minimum atomic E-state index is 0.799. The molecular weight excluding hydrogens is 391 g/mol. The maximum absolute atomic E-state index is 3.96. The van der Waals surface area contributed by atoms with Crippen LogP contribution in [0, 0.1) is 29.6 Å². The molecule has 0 nitrogen and oxygen atoms in total. The molecule has 130 valence electrons. The lowest BCUT2D eigenvalue weighted by Crippen LogP contribution is -2.25. The van der Waals surface area contributed by atoms with Gasteiger partial charge in [0.1, 0.15) is 0 Å². The van der Waals surface area contributed by atoms with Crippen LogP contribution in [0.1, 0.15) is 77.0 Å². The van der Waals surface area contributed by atoms with E-state index in [-0.39, 0.29) is 0 Å². The fraction of sp³-hybridized carbons (Fsp3) is 0.818. The van der Waals surface area contributed by atoms with E-state index >= 15 is 0 Å². The maximum Gasteiger partial charge on any atom is 0.0110 e. The lowest BCUT2D eigenvalue weighted by molar-refractivity contribution is 0.183. The van der Waals surface area contributed by atoms with E-state index in [0.29, 0.717) is 0 Å². The number of halogens is 1. The second kappa shape index (κ2) is 9.06. The van der Waals surface area contributed by atoms with Gasteiger partial charge in [0.15, 0.2) is 0 Å². The summed E-state index contributed by atoms with van der Waals surface area (Å²) in [5.41, 5.74) is 0. The van der Waals surface area contributed by atoms with Crippen molar-refractivity contribution in [2.45, 2.75) is 81.0 Å². The molecule has 0 amide bonds. The van der Waals surface area contributed by atoms with Gasteiger partial charge in [0.05, 0.1) is 0 Å². The van der Waals surface area contributed by atoms with Crippen molar-refractivity contribution >= 4 is 22.6 Å². The van der Waals surface area contributed by atoms with Crippen molar-refractivity contribution in [2.24, 2.45) is 29.6 Å². The normalized spacial score (nSPS) is 42.7. The molecule has 0 radical (unpaired) electrons. The first-order valence-electron chi connectivity index (χ1n) is 10.2. The Labute approximate surface area is 157 Å². The van der Waals surface area contributed by atoms with Crippen LogP contribution in [-0.4, -0.2) is 3.92 Å². The first-order valence-corrected chi connectivity index (χ1v) is 11.4. The van der Waals surface area contributed by atoms with Crippen LogP contribution in [0.4, 0.5) is 0 Å². The molecule has 0 atom stereocenters. The Morgan fingerprint density at radius 1 is 0.565 bits per heavy atom. The smallest absolute Gasteiger partial charge is 0.0110 e. The van der Waals surface area contributed by atoms with E-state index in [9.17, 15) is 0 Å². The number of alkyl halides is 1. The molecule has 0 aliphatic heterocycles. The molecule has 0 saturated heterocycles.